The Hall–Kier alpha value is -3.26. The minimum absolute atomic E-state index is 0.0705. The fourth-order valence-electron chi connectivity index (χ4n) is 5.91. The number of hydrogen-bond acceptors (Lipinski definition) is 4. The van der Waals surface area contributed by atoms with Crippen LogP contribution in [0.3, 0.4) is 0 Å². The van der Waals surface area contributed by atoms with E-state index in [1.165, 1.54) is 18.2 Å². The van der Waals surface area contributed by atoms with Crippen LogP contribution < -0.4 is 5.48 Å². The summed E-state index contributed by atoms with van der Waals surface area (Å²) < 4.78 is 13.7. The molecule has 0 aromatic heterocycles. The van der Waals surface area contributed by atoms with Crippen LogP contribution in [0.5, 0.6) is 0 Å². The molecule has 2 heterocycles. The minimum Gasteiger partial charge on any atom is -0.342 e. The summed E-state index contributed by atoms with van der Waals surface area (Å²) in [6, 6.07) is 14.1. The van der Waals surface area contributed by atoms with Crippen molar-refractivity contribution in [3.8, 4) is 0 Å². The molecule has 2 aliphatic heterocycles. The number of fused-ring (bicyclic) bond motifs is 1. The van der Waals surface area contributed by atoms with Crippen molar-refractivity contribution in [2.24, 2.45) is 17.3 Å². The highest BCUT2D eigenvalue weighted by Crippen LogP contribution is 2.46. The largest absolute Gasteiger partial charge is 0.342 e. The lowest BCUT2D eigenvalue weighted by Crippen LogP contribution is -2.48. The van der Waals surface area contributed by atoms with Gasteiger partial charge in [-0.3, -0.25) is 19.6 Å². The summed E-state index contributed by atoms with van der Waals surface area (Å²) in [7, 11) is 0. The van der Waals surface area contributed by atoms with Crippen LogP contribution in [0.2, 0.25) is 0 Å². The third kappa shape index (κ3) is 5.14. The van der Waals surface area contributed by atoms with Gasteiger partial charge in [0.15, 0.2) is 0 Å². The van der Waals surface area contributed by atoms with Crippen LogP contribution in [-0.4, -0.2) is 52.4 Å². The van der Waals surface area contributed by atoms with Crippen LogP contribution in [0.15, 0.2) is 48.5 Å². The minimum atomic E-state index is -0.959. The monoisotopic (exact) mass is 495 g/mol. The molecule has 2 aromatic rings. The fraction of sp³-hybridized carbons (Fsp3) is 0.464. The molecule has 2 N–H and O–H groups in total. The Morgan fingerprint density at radius 2 is 1.86 bits per heavy atom. The van der Waals surface area contributed by atoms with Gasteiger partial charge < -0.3 is 9.80 Å². The van der Waals surface area contributed by atoms with Gasteiger partial charge in [0.05, 0.1) is 11.3 Å². The van der Waals surface area contributed by atoms with Crippen LogP contribution in [0.1, 0.15) is 54.6 Å². The van der Waals surface area contributed by atoms with Crippen molar-refractivity contribution < 1.29 is 24.0 Å². The van der Waals surface area contributed by atoms with E-state index in [2.05, 4.69) is 0 Å². The van der Waals surface area contributed by atoms with E-state index in [0.29, 0.717) is 37.1 Å². The smallest absolute Gasteiger partial charge is 0.254 e. The van der Waals surface area contributed by atoms with Crippen LogP contribution in [0.4, 0.5) is 4.39 Å². The van der Waals surface area contributed by atoms with Crippen LogP contribution >= 0.6 is 0 Å². The molecule has 7 nitrogen and oxygen atoms in total. The number of hydrogen-bond donors (Lipinski definition) is 2. The second-order valence-corrected chi connectivity index (χ2v) is 10.4. The zero-order valence-corrected chi connectivity index (χ0v) is 20.9. The number of halogens is 1. The highest BCUT2D eigenvalue weighted by atomic mass is 19.1. The highest BCUT2D eigenvalue weighted by Gasteiger charge is 2.54. The number of nitrogens with one attached hydrogen (secondary N) is 1. The molecule has 2 aromatic carbocycles. The number of carbonyl (C=O) groups excluding carboxylic acids is 3. The number of nitrogens with zero attached hydrogens (tertiary/aromatic N) is 2. The van der Waals surface area contributed by atoms with Crippen molar-refractivity contribution in [1.29, 1.82) is 0 Å². The molecule has 4 rings (SSSR count). The maximum absolute atomic E-state index is 13.9. The van der Waals surface area contributed by atoms with E-state index in [0.717, 1.165) is 12.0 Å². The van der Waals surface area contributed by atoms with Gasteiger partial charge in [0.1, 0.15) is 5.82 Å². The summed E-state index contributed by atoms with van der Waals surface area (Å²) in [5, 5.41) is 9.59. The molecule has 1 saturated heterocycles. The fourth-order valence-corrected chi connectivity index (χ4v) is 5.91. The molecule has 0 spiro atoms. The van der Waals surface area contributed by atoms with Gasteiger partial charge in [-0.05, 0) is 60.9 Å². The summed E-state index contributed by atoms with van der Waals surface area (Å²) in [6.07, 6.45) is 1.96. The quantitative estimate of drug-likeness (QED) is 0.388. The third-order valence-corrected chi connectivity index (χ3v) is 7.55. The predicted molar refractivity (Wildman–Crippen MR) is 132 cm³/mol. The number of benzene rings is 2. The van der Waals surface area contributed by atoms with E-state index in [1.807, 2.05) is 49.1 Å². The summed E-state index contributed by atoms with van der Waals surface area (Å²) in [6.45, 7) is 5.62. The van der Waals surface area contributed by atoms with E-state index in [-0.39, 0.29) is 37.2 Å². The summed E-state index contributed by atoms with van der Waals surface area (Å²) >= 11 is 0. The molecule has 2 atom stereocenters. The van der Waals surface area contributed by atoms with Gasteiger partial charge in [-0.15, -0.1) is 0 Å². The number of likely N-dealkylation sites (tertiary alicyclic amines) is 1. The molecular formula is C28H34FN3O4. The molecule has 1 fully saturated rings. The van der Waals surface area contributed by atoms with Gasteiger partial charge in [0, 0.05) is 31.7 Å². The average Bonchev–Trinajstić information content (AvgIpc) is 3.34. The van der Waals surface area contributed by atoms with E-state index in [1.54, 1.807) is 10.4 Å². The molecule has 36 heavy (non-hydrogen) atoms. The van der Waals surface area contributed by atoms with Gasteiger partial charge in [-0.25, -0.2) is 9.87 Å². The zero-order chi connectivity index (χ0) is 25.9. The summed E-state index contributed by atoms with van der Waals surface area (Å²) in [5.41, 5.74) is 3.04. The molecule has 0 bridgehead atoms. The first-order chi connectivity index (χ1) is 17.2. The Balaban J connectivity index is 1.52. The van der Waals surface area contributed by atoms with Crippen LogP contribution in [0, 0.1) is 23.1 Å². The second kappa shape index (κ2) is 10.8. The average molecular weight is 496 g/mol. The standard InChI is InChI=1S/C28H34FN3O4/c1-19(2)17-28(12-15-31(27(28)35)13-10-20-6-4-3-5-7-20)24(25(33)30-36)11-14-32-18-21-16-22(29)8-9-23(21)26(32)34/h3-9,16,19,24,36H,10-15,17-18H2,1-2H3,(H,30,33)/t24-,28+/m0/s1. The first-order valence-electron chi connectivity index (χ1n) is 12.6. The molecule has 8 heteroatoms. The molecule has 0 radical (unpaired) electrons. The van der Waals surface area contributed by atoms with Crippen molar-refractivity contribution in [2.75, 3.05) is 19.6 Å². The topological polar surface area (TPSA) is 89.9 Å². The molecule has 0 aliphatic carbocycles. The van der Waals surface area contributed by atoms with Crippen LogP contribution in [0.25, 0.3) is 0 Å². The maximum atomic E-state index is 13.9. The Bertz CT molecular complexity index is 1120. The Morgan fingerprint density at radius 3 is 2.56 bits per heavy atom. The second-order valence-electron chi connectivity index (χ2n) is 10.4. The SMILES string of the molecule is CC(C)C[C@@]1([C@@H](CCN2Cc3cc(F)ccc3C2=O)C(=O)NO)CCN(CCc2ccccc2)C1=O. The molecule has 192 valence electrons. The first-order valence-corrected chi connectivity index (χ1v) is 12.6. The number of carbonyl (C=O) groups is 3. The van der Waals surface area contributed by atoms with Crippen molar-refractivity contribution in [1.82, 2.24) is 15.3 Å². The predicted octanol–water partition coefficient (Wildman–Crippen LogP) is 3.80. The molecule has 2 aliphatic rings. The van der Waals surface area contributed by atoms with Crippen LogP contribution in [-0.2, 0) is 22.6 Å². The van der Waals surface area contributed by atoms with Crippen molar-refractivity contribution in [2.45, 2.75) is 46.1 Å². The van der Waals surface area contributed by atoms with E-state index >= 15 is 0 Å². The molecular weight excluding hydrogens is 461 g/mol. The third-order valence-electron chi connectivity index (χ3n) is 7.55. The van der Waals surface area contributed by atoms with E-state index in [9.17, 15) is 24.0 Å². The summed E-state index contributed by atoms with van der Waals surface area (Å²) in [5.74, 6) is -1.94. The lowest BCUT2D eigenvalue weighted by atomic mass is 9.67. The maximum Gasteiger partial charge on any atom is 0.254 e. The summed E-state index contributed by atoms with van der Waals surface area (Å²) in [4.78, 5) is 43.1. The van der Waals surface area contributed by atoms with Crippen molar-refractivity contribution in [3.63, 3.8) is 0 Å². The molecule has 0 unspecified atom stereocenters. The molecule has 3 amide bonds. The number of hydroxylamine groups is 1. The van der Waals surface area contributed by atoms with Crippen molar-refractivity contribution in [3.05, 3.63) is 71.0 Å². The van der Waals surface area contributed by atoms with Gasteiger partial charge in [-0.2, -0.15) is 0 Å². The van der Waals surface area contributed by atoms with E-state index < -0.39 is 23.1 Å². The number of amides is 3. The number of rotatable bonds is 10. The van der Waals surface area contributed by atoms with Gasteiger partial charge in [0.2, 0.25) is 11.8 Å². The van der Waals surface area contributed by atoms with Gasteiger partial charge in [0.25, 0.3) is 5.91 Å². The zero-order valence-electron chi connectivity index (χ0n) is 20.9. The Morgan fingerprint density at radius 1 is 1.11 bits per heavy atom. The van der Waals surface area contributed by atoms with E-state index in [4.69, 9.17) is 0 Å². The molecule has 0 saturated carbocycles. The van der Waals surface area contributed by atoms with Gasteiger partial charge >= 0.3 is 0 Å². The van der Waals surface area contributed by atoms with Crippen molar-refractivity contribution >= 4 is 17.7 Å². The lowest BCUT2D eigenvalue weighted by molar-refractivity contribution is -0.150. The first kappa shape index (κ1) is 25.8. The highest BCUT2D eigenvalue weighted by molar-refractivity contribution is 5.98. The Kier molecular flexibility index (Phi) is 7.73. The normalized spacial score (nSPS) is 20.2. The Labute approximate surface area is 211 Å². The lowest BCUT2D eigenvalue weighted by Gasteiger charge is -2.37. The van der Waals surface area contributed by atoms with Gasteiger partial charge in [-0.1, -0.05) is 44.2 Å².